The van der Waals surface area contributed by atoms with Gasteiger partial charge in [0.2, 0.25) is 5.69 Å². The monoisotopic (exact) mass is 234 g/mol. The van der Waals surface area contributed by atoms with Crippen LogP contribution in [0.15, 0.2) is 24.3 Å². The number of methoxy groups -OCH3 is 1. The first-order valence-electron chi connectivity index (χ1n) is 6.11. The molecule has 0 unspecified atom stereocenters. The first-order chi connectivity index (χ1) is 8.00. The summed E-state index contributed by atoms with van der Waals surface area (Å²) in [6, 6.07) is 8.72. The lowest BCUT2D eigenvalue weighted by Crippen LogP contribution is -2.26. The smallest absolute Gasteiger partial charge is 0.209 e. The minimum Gasteiger partial charge on any atom is -0.388 e. The molecule has 0 radical (unpaired) electrons. The van der Waals surface area contributed by atoms with Gasteiger partial charge in [-0.25, -0.2) is 0 Å². The van der Waals surface area contributed by atoms with Gasteiger partial charge in [0.25, 0.3) is 0 Å². The van der Waals surface area contributed by atoms with E-state index in [0.29, 0.717) is 0 Å². The Morgan fingerprint density at radius 3 is 2.24 bits per heavy atom. The Hall–Kier alpha value is -1.15. The number of rotatable bonds is 1. The van der Waals surface area contributed by atoms with Crippen molar-refractivity contribution in [1.82, 2.24) is 0 Å². The predicted octanol–water partition coefficient (Wildman–Crippen LogP) is 3.37. The topological polar surface area (TPSA) is 12.2 Å². The Kier molecular flexibility index (Phi) is 4.47. The van der Waals surface area contributed by atoms with Crippen molar-refractivity contribution in [2.24, 2.45) is 0 Å². The van der Waals surface area contributed by atoms with Crippen LogP contribution in [-0.4, -0.2) is 31.1 Å². The van der Waals surface area contributed by atoms with E-state index in [9.17, 15) is 0 Å². The van der Waals surface area contributed by atoms with Gasteiger partial charge in [0.05, 0.1) is 5.41 Å². The van der Waals surface area contributed by atoms with Crippen molar-refractivity contribution in [3.8, 4) is 0 Å². The minimum atomic E-state index is 0.201. The summed E-state index contributed by atoms with van der Waals surface area (Å²) in [5.41, 5.74) is 4.50. The van der Waals surface area contributed by atoms with Crippen LogP contribution in [0.5, 0.6) is 0 Å². The first kappa shape index (κ1) is 13.9. The van der Waals surface area contributed by atoms with E-state index in [1.807, 2.05) is 0 Å². The summed E-state index contributed by atoms with van der Waals surface area (Å²) in [6.07, 6.45) is 0. The molecule has 0 amide bonds. The van der Waals surface area contributed by atoms with Crippen LogP contribution in [0.4, 0.5) is 5.69 Å². The molecule has 17 heavy (non-hydrogen) atoms. The second-order valence-electron chi connectivity index (χ2n) is 4.88. The predicted molar refractivity (Wildman–Crippen MR) is 73.5 cm³/mol. The van der Waals surface area contributed by atoms with E-state index in [0.717, 1.165) is 6.54 Å². The van der Waals surface area contributed by atoms with E-state index in [4.69, 9.17) is 0 Å². The zero-order valence-electron chi connectivity index (χ0n) is 11.9. The molecule has 0 aromatic heterocycles. The van der Waals surface area contributed by atoms with Crippen molar-refractivity contribution in [3.63, 3.8) is 0 Å². The van der Waals surface area contributed by atoms with Crippen LogP contribution in [0.25, 0.3) is 0 Å². The van der Waals surface area contributed by atoms with Crippen LogP contribution in [0.1, 0.15) is 33.3 Å². The molecule has 0 aliphatic carbocycles. The molecule has 2 heteroatoms. The van der Waals surface area contributed by atoms with E-state index < -0.39 is 0 Å². The number of fused-ring (bicyclic) bond motifs is 1. The van der Waals surface area contributed by atoms with E-state index in [1.165, 1.54) is 17.0 Å². The number of benzene rings is 1. The van der Waals surface area contributed by atoms with Gasteiger partial charge >= 0.3 is 0 Å². The van der Waals surface area contributed by atoms with Gasteiger partial charge in [0.1, 0.15) is 6.54 Å². The Labute approximate surface area is 105 Å². The quantitative estimate of drug-likeness (QED) is 0.679. The Morgan fingerprint density at radius 2 is 1.71 bits per heavy atom. The van der Waals surface area contributed by atoms with E-state index in [1.54, 1.807) is 14.2 Å². The Morgan fingerprint density at radius 1 is 1.18 bits per heavy atom. The fraction of sp³-hybridized carbons (Fsp3) is 0.533. The number of hydrogen-bond acceptors (Lipinski definition) is 1. The summed E-state index contributed by atoms with van der Waals surface area (Å²) in [4.78, 5) is 0. The van der Waals surface area contributed by atoms with Crippen LogP contribution in [-0.2, 0) is 10.2 Å². The molecular formula is C15H24NO+. The third-order valence-corrected chi connectivity index (χ3v) is 3.49. The molecule has 1 aromatic rings. The summed E-state index contributed by atoms with van der Waals surface area (Å²) in [6.45, 7) is 10.1. The zero-order chi connectivity index (χ0) is 13.1. The van der Waals surface area contributed by atoms with Gasteiger partial charge in [-0.2, -0.15) is 4.58 Å². The molecule has 2 rings (SSSR count). The number of nitrogens with zero attached hydrogens (tertiary/aromatic N) is 1. The van der Waals surface area contributed by atoms with Crippen LogP contribution in [0.3, 0.4) is 0 Å². The van der Waals surface area contributed by atoms with E-state index in [2.05, 4.69) is 61.3 Å². The van der Waals surface area contributed by atoms with Crippen LogP contribution in [0, 0.1) is 0 Å². The molecule has 1 heterocycles. The second kappa shape index (κ2) is 5.46. The lowest BCUT2D eigenvalue weighted by atomic mass is 9.82. The standard InChI is InChI=1S/C13H18N.C2H6O/c1-5-14-10(2)13(3,4)11-8-6-7-9-12(11)14;1-3-2/h6-9H,5H2,1-4H3;1-2H3/q+1;. The lowest BCUT2D eigenvalue weighted by molar-refractivity contribution is -0.434. The Bertz CT molecular complexity index is 419. The third kappa shape index (κ3) is 2.42. The van der Waals surface area contributed by atoms with E-state index >= 15 is 0 Å². The molecule has 0 atom stereocenters. The molecule has 1 aliphatic heterocycles. The maximum absolute atomic E-state index is 4.25. The first-order valence-corrected chi connectivity index (χ1v) is 6.11. The second-order valence-corrected chi connectivity index (χ2v) is 4.88. The van der Waals surface area contributed by atoms with Crippen LogP contribution < -0.4 is 0 Å². The van der Waals surface area contributed by atoms with Crippen molar-refractivity contribution < 1.29 is 9.31 Å². The number of para-hydroxylation sites is 1. The normalized spacial score (nSPS) is 16.4. The highest BCUT2D eigenvalue weighted by molar-refractivity contribution is 5.93. The highest BCUT2D eigenvalue weighted by Crippen LogP contribution is 2.38. The average Bonchev–Trinajstić information content (AvgIpc) is 2.49. The molecule has 0 saturated heterocycles. The summed E-state index contributed by atoms with van der Waals surface area (Å²) >= 11 is 0. The SMILES string of the molecule is CC[N+]1=C(C)C(C)(C)c2ccccc21.COC. The van der Waals surface area contributed by atoms with Gasteiger partial charge in [-0.15, -0.1) is 0 Å². The molecule has 0 saturated carbocycles. The van der Waals surface area contributed by atoms with Crippen molar-refractivity contribution in [3.05, 3.63) is 29.8 Å². The van der Waals surface area contributed by atoms with E-state index in [-0.39, 0.29) is 5.41 Å². The molecule has 0 N–H and O–H groups in total. The van der Waals surface area contributed by atoms with Crippen molar-refractivity contribution >= 4 is 11.4 Å². The van der Waals surface area contributed by atoms with Crippen molar-refractivity contribution in [2.45, 2.75) is 33.1 Å². The largest absolute Gasteiger partial charge is 0.388 e. The molecule has 0 fully saturated rings. The van der Waals surface area contributed by atoms with Gasteiger partial charge < -0.3 is 4.74 Å². The molecule has 2 nitrogen and oxygen atoms in total. The summed E-state index contributed by atoms with van der Waals surface area (Å²) in [7, 11) is 3.25. The van der Waals surface area contributed by atoms with Gasteiger partial charge in [-0.1, -0.05) is 18.2 Å². The van der Waals surface area contributed by atoms with Gasteiger partial charge in [0.15, 0.2) is 5.71 Å². The number of hydrogen-bond donors (Lipinski definition) is 0. The maximum atomic E-state index is 4.25. The summed E-state index contributed by atoms with van der Waals surface area (Å²) in [5.74, 6) is 0. The Balaban J connectivity index is 0.000000437. The summed E-state index contributed by atoms with van der Waals surface area (Å²) < 4.78 is 6.66. The average molecular weight is 234 g/mol. The van der Waals surface area contributed by atoms with Gasteiger partial charge in [0, 0.05) is 32.8 Å². The lowest BCUT2D eigenvalue weighted by Gasteiger charge is -2.14. The molecule has 1 aromatic carbocycles. The van der Waals surface area contributed by atoms with Crippen molar-refractivity contribution in [2.75, 3.05) is 20.8 Å². The molecule has 1 aliphatic rings. The van der Waals surface area contributed by atoms with Gasteiger partial charge in [-0.05, 0) is 20.8 Å². The molecule has 94 valence electrons. The van der Waals surface area contributed by atoms with Gasteiger partial charge in [-0.3, -0.25) is 0 Å². The highest BCUT2D eigenvalue weighted by Gasteiger charge is 2.41. The van der Waals surface area contributed by atoms with Crippen LogP contribution >= 0.6 is 0 Å². The third-order valence-electron chi connectivity index (χ3n) is 3.49. The minimum absolute atomic E-state index is 0.201. The molecular weight excluding hydrogens is 210 g/mol. The fourth-order valence-corrected chi connectivity index (χ4v) is 2.36. The molecule has 0 bridgehead atoms. The van der Waals surface area contributed by atoms with Crippen molar-refractivity contribution in [1.29, 1.82) is 0 Å². The maximum Gasteiger partial charge on any atom is 0.209 e. The van der Waals surface area contributed by atoms with Crippen LogP contribution in [0.2, 0.25) is 0 Å². The molecule has 0 spiro atoms. The number of ether oxygens (including phenoxy) is 1. The fourth-order valence-electron chi connectivity index (χ4n) is 2.36. The zero-order valence-corrected chi connectivity index (χ0v) is 11.9. The summed E-state index contributed by atoms with van der Waals surface area (Å²) in [5, 5.41) is 0. The highest BCUT2D eigenvalue weighted by atomic mass is 16.4.